The molecular weight excluding hydrogens is 262 g/mol. The Morgan fingerprint density at radius 2 is 2.00 bits per heavy atom. The fraction of sp³-hybridized carbons (Fsp3) is 0.353. The fourth-order valence-corrected chi connectivity index (χ4v) is 2.15. The van der Waals surface area contributed by atoms with E-state index in [1.165, 1.54) is 5.56 Å². The van der Waals surface area contributed by atoms with Crippen LogP contribution in [-0.2, 0) is 6.54 Å². The molecule has 0 bridgehead atoms. The van der Waals surface area contributed by atoms with Crippen molar-refractivity contribution >= 4 is 5.69 Å². The molecule has 0 amide bonds. The maximum Gasteiger partial charge on any atom is 0.218 e. The second-order valence-corrected chi connectivity index (χ2v) is 5.18. The van der Waals surface area contributed by atoms with E-state index in [2.05, 4.69) is 44.2 Å². The molecule has 1 aromatic carbocycles. The molecular formula is C17H21N3O. The van der Waals surface area contributed by atoms with E-state index in [0.717, 1.165) is 18.4 Å². The van der Waals surface area contributed by atoms with Crippen molar-refractivity contribution in [1.29, 1.82) is 5.26 Å². The van der Waals surface area contributed by atoms with E-state index in [0.29, 0.717) is 30.4 Å². The van der Waals surface area contributed by atoms with Gasteiger partial charge in [0.2, 0.25) is 5.88 Å². The number of nitriles is 1. The molecule has 0 atom stereocenters. The minimum atomic E-state index is 0.523. The number of aryl methyl sites for hydroxylation is 1. The van der Waals surface area contributed by atoms with Crippen LogP contribution in [0.25, 0.3) is 0 Å². The molecule has 0 saturated carbocycles. The molecule has 2 aromatic rings. The van der Waals surface area contributed by atoms with Crippen molar-refractivity contribution in [2.45, 2.75) is 33.2 Å². The van der Waals surface area contributed by atoms with Crippen LogP contribution in [0.15, 0.2) is 30.3 Å². The summed E-state index contributed by atoms with van der Waals surface area (Å²) in [4.78, 5) is 0. The van der Waals surface area contributed by atoms with Crippen molar-refractivity contribution in [1.82, 2.24) is 4.57 Å². The highest BCUT2D eigenvalue weighted by molar-refractivity contribution is 5.55. The molecule has 0 aliphatic rings. The predicted molar refractivity (Wildman–Crippen MR) is 84.2 cm³/mol. The SMILES string of the molecule is CCCCOc1c(N)cc(C#N)n1Cc1ccc(C)cc1. The maximum absolute atomic E-state index is 9.27. The number of hydrogen-bond donors (Lipinski definition) is 1. The second-order valence-electron chi connectivity index (χ2n) is 5.18. The largest absolute Gasteiger partial charge is 0.477 e. The van der Waals surface area contributed by atoms with Crippen molar-refractivity contribution in [3.05, 3.63) is 47.2 Å². The molecule has 21 heavy (non-hydrogen) atoms. The summed E-state index contributed by atoms with van der Waals surface area (Å²) in [6.45, 7) is 5.36. The number of nitrogens with two attached hydrogens (primary N) is 1. The number of nitrogen functional groups attached to an aromatic ring is 1. The monoisotopic (exact) mass is 283 g/mol. The molecule has 0 aliphatic heterocycles. The molecule has 0 spiro atoms. The molecule has 4 nitrogen and oxygen atoms in total. The third kappa shape index (κ3) is 3.57. The van der Waals surface area contributed by atoms with Crippen molar-refractivity contribution in [3.63, 3.8) is 0 Å². The van der Waals surface area contributed by atoms with Gasteiger partial charge in [-0.15, -0.1) is 0 Å². The van der Waals surface area contributed by atoms with Crippen LogP contribution in [0.5, 0.6) is 5.88 Å². The summed E-state index contributed by atoms with van der Waals surface area (Å²) in [5.74, 6) is 0.598. The van der Waals surface area contributed by atoms with E-state index >= 15 is 0 Å². The van der Waals surface area contributed by atoms with Gasteiger partial charge in [-0.05, 0) is 18.9 Å². The number of benzene rings is 1. The molecule has 110 valence electrons. The van der Waals surface area contributed by atoms with Gasteiger partial charge in [0.15, 0.2) is 0 Å². The Kier molecular flexibility index (Phi) is 4.89. The number of nitrogens with zero attached hydrogens (tertiary/aromatic N) is 2. The van der Waals surface area contributed by atoms with Crippen LogP contribution in [-0.4, -0.2) is 11.2 Å². The fourth-order valence-electron chi connectivity index (χ4n) is 2.15. The van der Waals surface area contributed by atoms with Crippen LogP contribution in [0, 0.1) is 18.3 Å². The summed E-state index contributed by atoms with van der Waals surface area (Å²) in [7, 11) is 0. The van der Waals surface area contributed by atoms with Crippen molar-refractivity contribution in [2.75, 3.05) is 12.3 Å². The first kappa shape index (κ1) is 15.0. The van der Waals surface area contributed by atoms with E-state index in [4.69, 9.17) is 10.5 Å². The second kappa shape index (κ2) is 6.85. The Morgan fingerprint density at radius 3 is 2.62 bits per heavy atom. The highest BCUT2D eigenvalue weighted by Gasteiger charge is 2.14. The Morgan fingerprint density at radius 1 is 1.29 bits per heavy atom. The lowest BCUT2D eigenvalue weighted by molar-refractivity contribution is 0.287. The number of hydrogen-bond acceptors (Lipinski definition) is 3. The molecule has 0 fully saturated rings. The van der Waals surface area contributed by atoms with Crippen molar-refractivity contribution in [2.24, 2.45) is 0 Å². The minimum Gasteiger partial charge on any atom is -0.477 e. The van der Waals surface area contributed by atoms with E-state index < -0.39 is 0 Å². The topological polar surface area (TPSA) is 64.0 Å². The molecule has 2 rings (SSSR count). The lowest BCUT2D eigenvalue weighted by atomic mass is 10.1. The number of aromatic nitrogens is 1. The molecule has 0 aliphatic carbocycles. The molecule has 2 N–H and O–H groups in total. The van der Waals surface area contributed by atoms with Crippen LogP contribution >= 0.6 is 0 Å². The Labute approximate surface area is 125 Å². The van der Waals surface area contributed by atoms with Crippen LogP contribution < -0.4 is 10.5 Å². The number of ether oxygens (including phenoxy) is 1. The van der Waals surface area contributed by atoms with Gasteiger partial charge in [0.25, 0.3) is 0 Å². The molecule has 0 unspecified atom stereocenters. The highest BCUT2D eigenvalue weighted by atomic mass is 16.5. The van der Waals surface area contributed by atoms with E-state index in [1.54, 1.807) is 6.07 Å². The van der Waals surface area contributed by atoms with Gasteiger partial charge < -0.3 is 10.5 Å². The summed E-state index contributed by atoms with van der Waals surface area (Å²) < 4.78 is 7.62. The standard InChI is InChI=1S/C17H21N3O/c1-3-4-9-21-17-16(19)10-15(11-18)20(17)12-14-7-5-13(2)6-8-14/h5-8,10H,3-4,9,12,19H2,1-2H3. The Bertz CT molecular complexity index is 635. The normalized spacial score (nSPS) is 10.3. The van der Waals surface area contributed by atoms with E-state index in [9.17, 15) is 5.26 Å². The van der Waals surface area contributed by atoms with E-state index in [-0.39, 0.29) is 0 Å². The summed E-state index contributed by atoms with van der Waals surface area (Å²) in [5, 5.41) is 9.27. The van der Waals surface area contributed by atoms with Crippen LogP contribution in [0.2, 0.25) is 0 Å². The minimum absolute atomic E-state index is 0.523. The zero-order chi connectivity index (χ0) is 15.2. The highest BCUT2D eigenvalue weighted by Crippen LogP contribution is 2.27. The van der Waals surface area contributed by atoms with Gasteiger partial charge in [-0.1, -0.05) is 43.2 Å². The van der Waals surface area contributed by atoms with Gasteiger partial charge in [-0.3, -0.25) is 4.57 Å². The molecule has 4 heteroatoms. The number of unbranched alkanes of at least 4 members (excludes halogenated alkanes) is 1. The van der Waals surface area contributed by atoms with Crippen molar-refractivity contribution in [3.8, 4) is 11.9 Å². The van der Waals surface area contributed by atoms with E-state index in [1.807, 2.05) is 4.57 Å². The van der Waals surface area contributed by atoms with Crippen molar-refractivity contribution < 1.29 is 4.74 Å². The lowest BCUT2D eigenvalue weighted by Gasteiger charge is -2.12. The van der Waals surface area contributed by atoms with Crippen LogP contribution in [0.4, 0.5) is 5.69 Å². The first-order valence-electron chi connectivity index (χ1n) is 7.23. The van der Waals surface area contributed by atoms with Gasteiger partial charge in [-0.25, -0.2) is 0 Å². The predicted octanol–water partition coefficient (Wildman–Crippen LogP) is 3.48. The smallest absolute Gasteiger partial charge is 0.218 e. The molecule has 0 radical (unpaired) electrons. The molecule has 1 heterocycles. The summed E-state index contributed by atoms with van der Waals surface area (Å²) in [5.41, 5.74) is 9.36. The summed E-state index contributed by atoms with van der Waals surface area (Å²) in [6.07, 6.45) is 2.03. The van der Waals surface area contributed by atoms with Gasteiger partial charge in [0.05, 0.1) is 18.8 Å². The average molecular weight is 283 g/mol. The van der Waals surface area contributed by atoms with Crippen LogP contribution in [0.1, 0.15) is 36.6 Å². The maximum atomic E-state index is 9.27. The average Bonchev–Trinajstić information content (AvgIpc) is 2.78. The Balaban J connectivity index is 2.27. The summed E-state index contributed by atoms with van der Waals surface area (Å²) >= 11 is 0. The quantitative estimate of drug-likeness (QED) is 0.825. The van der Waals surface area contributed by atoms with Gasteiger partial charge >= 0.3 is 0 Å². The van der Waals surface area contributed by atoms with Crippen LogP contribution in [0.3, 0.4) is 0 Å². The van der Waals surface area contributed by atoms with Gasteiger partial charge in [0.1, 0.15) is 11.8 Å². The molecule has 1 aromatic heterocycles. The zero-order valence-corrected chi connectivity index (χ0v) is 12.6. The first-order chi connectivity index (χ1) is 10.2. The third-order valence-electron chi connectivity index (χ3n) is 3.39. The summed E-state index contributed by atoms with van der Waals surface area (Å²) in [6, 6.07) is 12.1. The third-order valence-corrected chi connectivity index (χ3v) is 3.39. The lowest BCUT2D eigenvalue weighted by Crippen LogP contribution is -2.08. The Hall–Kier alpha value is -2.41. The number of rotatable bonds is 6. The zero-order valence-electron chi connectivity index (χ0n) is 12.6. The number of anilines is 1. The first-order valence-corrected chi connectivity index (χ1v) is 7.23. The van der Waals surface area contributed by atoms with Gasteiger partial charge in [0, 0.05) is 6.07 Å². The van der Waals surface area contributed by atoms with Gasteiger partial charge in [-0.2, -0.15) is 5.26 Å². The molecule has 0 saturated heterocycles.